The zero-order valence-corrected chi connectivity index (χ0v) is 8.57. The van der Waals surface area contributed by atoms with E-state index in [0.29, 0.717) is 19.5 Å². The minimum Gasteiger partial charge on any atom is -0.481 e. The Labute approximate surface area is 88.2 Å². The summed E-state index contributed by atoms with van der Waals surface area (Å²) in [5, 5.41) is 19.5. The first-order valence-electron chi connectivity index (χ1n) is 4.86. The molecule has 0 aliphatic heterocycles. The van der Waals surface area contributed by atoms with Crippen molar-refractivity contribution in [3.63, 3.8) is 0 Å². The molecule has 0 aromatic heterocycles. The Bertz CT molecular complexity index is 195. The van der Waals surface area contributed by atoms with E-state index in [0.717, 1.165) is 0 Å². The summed E-state index contributed by atoms with van der Waals surface area (Å²) in [6, 6.07) is 0. The van der Waals surface area contributed by atoms with Crippen LogP contribution in [0.3, 0.4) is 0 Å². The van der Waals surface area contributed by atoms with Crippen molar-refractivity contribution in [1.82, 2.24) is 5.32 Å². The molecule has 0 unspecified atom stereocenters. The number of ether oxygens (including phenoxy) is 1. The number of esters is 1. The summed E-state index contributed by atoms with van der Waals surface area (Å²) < 4.78 is 4.75. The van der Waals surface area contributed by atoms with Gasteiger partial charge in [0, 0.05) is 26.1 Å². The summed E-state index contributed by atoms with van der Waals surface area (Å²) in [6.45, 7) is 0.985. The number of aliphatic carboxylic acids is 1. The van der Waals surface area contributed by atoms with Crippen molar-refractivity contribution < 1.29 is 24.5 Å². The van der Waals surface area contributed by atoms with Gasteiger partial charge in [0.2, 0.25) is 0 Å². The van der Waals surface area contributed by atoms with E-state index >= 15 is 0 Å². The van der Waals surface area contributed by atoms with Gasteiger partial charge >= 0.3 is 11.9 Å². The SMILES string of the molecule is O=C(O)CCNCCC(=O)OCCCO. The number of carbonyl (C=O) groups excluding carboxylic acids is 1. The van der Waals surface area contributed by atoms with Crippen LogP contribution >= 0.6 is 0 Å². The van der Waals surface area contributed by atoms with Gasteiger partial charge in [-0.1, -0.05) is 0 Å². The Kier molecular flexibility index (Phi) is 8.70. The fraction of sp³-hybridized carbons (Fsp3) is 0.778. The Morgan fingerprint density at radius 1 is 1.20 bits per heavy atom. The maximum atomic E-state index is 11.0. The minimum absolute atomic E-state index is 0.00411. The third-order valence-corrected chi connectivity index (χ3v) is 1.59. The van der Waals surface area contributed by atoms with E-state index in [1.807, 2.05) is 0 Å². The molecular formula is C9H17NO5. The number of hydrogen-bond donors (Lipinski definition) is 3. The predicted molar refractivity (Wildman–Crippen MR) is 52.4 cm³/mol. The molecule has 0 saturated carbocycles. The lowest BCUT2D eigenvalue weighted by atomic mass is 10.4. The molecule has 0 fully saturated rings. The predicted octanol–water partition coefficient (Wildman–Crippen LogP) is -0.634. The molecule has 6 nitrogen and oxygen atoms in total. The van der Waals surface area contributed by atoms with E-state index in [4.69, 9.17) is 14.9 Å². The second-order valence-electron chi connectivity index (χ2n) is 2.94. The van der Waals surface area contributed by atoms with Crippen LogP contribution in [0, 0.1) is 0 Å². The lowest BCUT2D eigenvalue weighted by Crippen LogP contribution is -2.22. The highest BCUT2D eigenvalue weighted by atomic mass is 16.5. The molecule has 0 aromatic rings. The normalized spacial score (nSPS) is 9.93. The van der Waals surface area contributed by atoms with Crippen molar-refractivity contribution in [2.75, 3.05) is 26.3 Å². The number of nitrogens with one attached hydrogen (secondary N) is 1. The molecule has 3 N–H and O–H groups in total. The van der Waals surface area contributed by atoms with Gasteiger partial charge in [0.15, 0.2) is 0 Å². The van der Waals surface area contributed by atoms with Gasteiger partial charge in [0.05, 0.1) is 19.4 Å². The van der Waals surface area contributed by atoms with Crippen LogP contribution in [0.25, 0.3) is 0 Å². The van der Waals surface area contributed by atoms with Crippen LogP contribution in [0.15, 0.2) is 0 Å². The van der Waals surface area contributed by atoms with E-state index in [1.54, 1.807) is 0 Å². The van der Waals surface area contributed by atoms with Crippen molar-refractivity contribution in [2.45, 2.75) is 19.3 Å². The summed E-state index contributed by atoms with van der Waals surface area (Å²) in [5.74, 6) is -1.21. The van der Waals surface area contributed by atoms with Gasteiger partial charge in [-0.3, -0.25) is 9.59 Å². The molecule has 0 amide bonds. The van der Waals surface area contributed by atoms with Crippen LogP contribution in [0.2, 0.25) is 0 Å². The molecule has 0 rings (SSSR count). The van der Waals surface area contributed by atoms with Crippen molar-refractivity contribution in [3.8, 4) is 0 Å². The zero-order chi connectivity index (χ0) is 11.5. The second-order valence-corrected chi connectivity index (χ2v) is 2.94. The molecule has 0 heterocycles. The van der Waals surface area contributed by atoms with Gasteiger partial charge in [-0.15, -0.1) is 0 Å². The molecule has 0 radical (unpaired) electrons. The summed E-state index contributed by atoms with van der Waals surface area (Å²) in [7, 11) is 0. The number of hydrogen-bond acceptors (Lipinski definition) is 5. The van der Waals surface area contributed by atoms with E-state index in [9.17, 15) is 9.59 Å². The van der Waals surface area contributed by atoms with Crippen LogP contribution < -0.4 is 5.32 Å². The molecular weight excluding hydrogens is 202 g/mol. The summed E-state index contributed by atoms with van der Waals surface area (Å²) in [6.07, 6.45) is 0.697. The van der Waals surface area contributed by atoms with Crippen LogP contribution in [0.4, 0.5) is 0 Å². The molecule has 88 valence electrons. The number of aliphatic hydroxyl groups excluding tert-OH is 1. The van der Waals surface area contributed by atoms with Crippen LogP contribution in [0.5, 0.6) is 0 Å². The average molecular weight is 219 g/mol. The van der Waals surface area contributed by atoms with Gasteiger partial charge < -0.3 is 20.3 Å². The standard InChI is InChI=1S/C9H17NO5/c11-6-1-7-15-9(14)3-5-10-4-2-8(12)13/h10-11H,1-7H2,(H,12,13). The van der Waals surface area contributed by atoms with Gasteiger partial charge in [-0.2, -0.15) is 0 Å². The second kappa shape index (κ2) is 9.42. The third-order valence-electron chi connectivity index (χ3n) is 1.59. The van der Waals surface area contributed by atoms with Crippen LogP contribution in [-0.4, -0.2) is 48.5 Å². The maximum absolute atomic E-state index is 11.0. The van der Waals surface area contributed by atoms with Crippen molar-refractivity contribution >= 4 is 11.9 Å². The summed E-state index contributed by atoms with van der Waals surface area (Å²) in [5.41, 5.74) is 0. The first kappa shape index (κ1) is 13.9. The van der Waals surface area contributed by atoms with Gasteiger partial charge in [-0.25, -0.2) is 0 Å². The molecule has 6 heteroatoms. The molecule has 0 saturated heterocycles. The lowest BCUT2D eigenvalue weighted by Gasteiger charge is -2.04. The average Bonchev–Trinajstić information content (AvgIpc) is 2.17. The highest BCUT2D eigenvalue weighted by Crippen LogP contribution is 1.87. The molecule has 0 aromatic carbocycles. The largest absolute Gasteiger partial charge is 0.481 e. The van der Waals surface area contributed by atoms with E-state index < -0.39 is 5.97 Å². The Morgan fingerprint density at radius 2 is 1.87 bits per heavy atom. The Hall–Kier alpha value is -1.14. The van der Waals surface area contributed by atoms with Crippen LogP contribution in [0.1, 0.15) is 19.3 Å². The monoisotopic (exact) mass is 219 g/mol. The third kappa shape index (κ3) is 10.8. The van der Waals surface area contributed by atoms with Crippen molar-refractivity contribution in [2.24, 2.45) is 0 Å². The smallest absolute Gasteiger partial charge is 0.307 e. The summed E-state index contributed by atoms with van der Waals surface area (Å²) >= 11 is 0. The van der Waals surface area contributed by atoms with Crippen molar-refractivity contribution in [3.05, 3.63) is 0 Å². The highest BCUT2D eigenvalue weighted by molar-refractivity contribution is 5.69. The molecule has 0 bridgehead atoms. The minimum atomic E-state index is -0.868. The summed E-state index contributed by atoms with van der Waals surface area (Å²) in [4.78, 5) is 21.1. The Balaban J connectivity index is 3.20. The number of rotatable bonds is 9. The van der Waals surface area contributed by atoms with E-state index in [2.05, 4.69) is 5.32 Å². The van der Waals surface area contributed by atoms with Crippen LogP contribution in [-0.2, 0) is 14.3 Å². The van der Waals surface area contributed by atoms with E-state index in [-0.39, 0.29) is 32.0 Å². The zero-order valence-electron chi connectivity index (χ0n) is 8.57. The molecule has 15 heavy (non-hydrogen) atoms. The van der Waals surface area contributed by atoms with Gasteiger partial charge in [-0.05, 0) is 0 Å². The maximum Gasteiger partial charge on any atom is 0.307 e. The van der Waals surface area contributed by atoms with Crippen molar-refractivity contribution in [1.29, 1.82) is 0 Å². The number of aliphatic hydroxyl groups is 1. The number of carboxylic acids is 1. The molecule has 0 spiro atoms. The fourth-order valence-electron chi connectivity index (χ4n) is 0.833. The quantitative estimate of drug-likeness (QED) is 0.353. The van der Waals surface area contributed by atoms with E-state index in [1.165, 1.54) is 0 Å². The fourth-order valence-corrected chi connectivity index (χ4v) is 0.833. The molecule has 0 aliphatic carbocycles. The Morgan fingerprint density at radius 3 is 2.47 bits per heavy atom. The molecule has 0 atom stereocenters. The molecule has 0 aliphatic rings. The lowest BCUT2D eigenvalue weighted by molar-refractivity contribution is -0.143. The first-order chi connectivity index (χ1) is 7.16. The number of carbonyl (C=O) groups is 2. The highest BCUT2D eigenvalue weighted by Gasteiger charge is 2.02. The first-order valence-corrected chi connectivity index (χ1v) is 4.86. The topological polar surface area (TPSA) is 95.9 Å². The number of carboxylic acid groups (broad SMARTS) is 1. The van der Waals surface area contributed by atoms with Gasteiger partial charge in [0.25, 0.3) is 0 Å². The van der Waals surface area contributed by atoms with Gasteiger partial charge in [0.1, 0.15) is 0 Å².